The Morgan fingerprint density at radius 1 is 1.27 bits per heavy atom. The van der Waals surface area contributed by atoms with Gasteiger partial charge in [0.25, 0.3) is 5.91 Å². The number of hydrogen-bond donors (Lipinski definition) is 0. The molecule has 3 heterocycles. The monoisotopic (exact) mass is 407 g/mol. The van der Waals surface area contributed by atoms with Gasteiger partial charge in [-0.05, 0) is 39.0 Å². The summed E-state index contributed by atoms with van der Waals surface area (Å²) in [4.78, 5) is 27.4. The number of carbonyl (C=O) groups is 1. The fourth-order valence-electron chi connectivity index (χ4n) is 3.33. The molecule has 1 aliphatic heterocycles. The summed E-state index contributed by atoms with van der Waals surface area (Å²) in [5.74, 6) is 2.55. The molecule has 9 heteroatoms. The van der Waals surface area contributed by atoms with E-state index >= 15 is 0 Å². The number of ether oxygens (including phenoxy) is 1. The summed E-state index contributed by atoms with van der Waals surface area (Å²) >= 11 is 0. The number of imidazole rings is 1. The number of fused-ring (bicyclic) bond motifs is 3. The van der Waals surface area contributed by atoms with Crippen LogP contribution in [-0.2, 0) is 6.54 Å². The summed E-state index contributed by atoms with van der Waals surface area (Å²) in [6.07, 6.45) is 3.47. The number of amides is 1. The van der Waals surface area contributed by atoms with Gasteiger partial charge in [0.15, 0.2) is 5.82 Å². The molecule has 9 nitrogen and oxygen atoms in total. The first-order valence-corrected chi connectivity index (χ1v) is 9.86. The molecule has 0 N–H and O–H groups in total. The minimum Gasteiger partial charge on any atom is -0.491 e. The Morgan fingerprint density at radius 3 is 2.80 bits per heavy atom. The highest BCUT2D eigenvalue weighted by Crippen LogP contribution is 2.34. The highest BCUT2D eigenvalue weighted by Gasteiger charge is 2.23. The Morgan fingerprint density at radius 2 is 2.07 bits per heavy atom. The molecular formula is C21H25N7O2. The fraction of sp³-hybridized carbons (Fsp3) is 0.381. The Kier molecular flexibility index (Phi) is 5.11. The van der Waals surface area contributed by atoms with Gasteiger partial charge in [-0.3, -0.25) is 4.79 Å². The topological polar surface area (TPSA) is 90.4 Å². The second-order valence-electron chi connectivity index (χ2n) is 7.74. The van der Waals surface area contributed by atoms with E-state index in [4.69, 9.17) is 9.72 Å². The number of rotatable bonds is 4. The third-order valence-electron chi connectivity index (χ3n) is 4.70. The molecule has 0 bridgehead atoms. The van der Waals surface area contributed by atoms with Crippen molar-refractivity contribution in [3.63, 3.8) is 0 Å². The molecule has 1 aliphatic rings. The third-order valence-corrected chi connectivity index (χ3v) is 4.70. The van der Waals surface area contributed by atoms with Gasteiger partial charge in [-0.25, -0.2) is 14.6 Å². The first kappa shape index (κ1) is 19.8. The van der Waals surface area contributed by atoms with E-state index in [1.165, 1.54) is 6.34 Å². The van der Waals surface area contributed by atoms with Crippen LogP contribution < -0.4 is 4.74 Å². The Labute approximate surface area is 175 Å². The maximum Gasteiger partial charge on any atom is 0.278 e. The van der Waals surface area contributed by atoms with Crippen molar-refractivity contribution in [2.45, 2.75) is 33.4 Å². The Hall–Kier alpha value is -3.49. The minimum atomic E-state index is -0.316. The standard InChI is InChI=1S/C21H25N7O2/c1-13(2)28-20(23-14(3)25-28)17-11-27-8-9-30-18-10-15(21(29)22-12-26(4)5)6-7-16(18)19(27)24-17/h6-7,10-13H,8-9H2,1-5H3/b22-12+. The zero-order valence-corrected chi connectivity index (χ0v) is 17.8. The van der Waals surface area contributed by atoms with Crippen LogP contribution in [0.25, 0.3) is 22.9 Å². The summed E-state index contributed by atoms with van der Waals surface area (Å²) in [5, 5.41) is 4.49. The van der Waals surface area contributed by atoms with Crippen LogP contribution in [0.1, 0.15) is 36.1 Å². The normalized spacial score (nSPS) is 13.1. The van der Waals surface area contributed by atoms with Gasteiger partial charge < -0.3 is 14.2 Å². The van der Waals surface area contributed by atoms with E-state index in [2.05, 4.69) is 33.5 Å². The van der Waals surface area contributed by atoms with E-state index < -0.39 is 0 Å². The van der Waals surface area contributed by atoms with Crippen molar-refractivity contribution in [3.8, 4) is 28.7 Å². The van der Waals surface area contributed by atoms with Crippen LogP contribution in [0.3, 0.4) is 0 Å². The number of nitrogens with zero attached hydrogens (tertiary/aromatic N) is 7. The largest absolute Gasteiger partial charge is 0.491 e. The second kappa shape index (κ2) is 7.74. The average Bonchev–Trinajstić information content (AvgIpc) is 3.25. The molecule has 30 heavy (non-hydrogen) atoms. The highest BCUT2D eigenvalue weighted by molar-refractivity contribution is 5.99. The minimum absolute atomic E-state index is 0.176. The average molecular weight is 407 g/mol. The molecule has 1 aromatic carbocycles. The van der Waals surface area contributed by atoms with Gasteiger partial charge in [0.2, 0.25) is 0 Å². The molecule has 2 aromatic heterocycles. The summed E-state index contributed by atoms with van der Waals surface area (Å²) in [6, 6.07) is 5.52. The van der Waals surface area contributed by atoms with Gasteiger partial charge in [0, 0.05) is 31.9 Å². The molecule has 0 saturated carbocycles. The van der Waals surface area contributed by atoms with Crippen molar-refractivity contribution in [1.82, 2.24) is 29.2 Å². The predicted molar refractivity (Wildman–Crippen MR) is 114 cm³/mol. The lowest BCUT2D eigenvalue weighted by Gasteiger charge is -2.08. The second-order valence-corrected chi connectivity index (χ2v) is 7.74. The fourth-order valence-corrected chi connectivity index (χ4v) is 3.33. The third kappa shape index (κ3) is 3.70. The number of hydrogen-bond acceptors (Lipinski definition) is 5. The van der Waals surface area contributed by atoms with E-state index in [-0.39, 0.29) is 11.9 Å². The molecule has 0 fully saturated rings. The first-order chi connectivity index (χ1) is 14.3. The van der Waals surface area contributed by atoms with E-state index in [0.29, 0.717) is 30.3 Å². The summed E-state index contributed by atoms with van der Waals surface area (Å²) < 4.78 is 9.85. The first-order valence-electron chi connectivity index (χ1n) is 9.86. The maximum atomic E-state index is 12.3. The van der Waals surface area contributed by atoms with E-state index in [1.807, 2.05) is 38.0 Å². The van der Waals surface area contributed by atoms with Gasteiger partial charge in [-0.15, -0.1) is 0 Å². The smallest absolute Gasteiger partial charge is 0.278 e. The van der Waals surface area contributed by atoms with Gasteiger partial charge in [-0.2, -0.15) is 10.1 Å². The molecule has 1 amide bonds. The molecule has 0 spiro atoms. The number of carbonyl (C=O) groups excluding carboxylic acids is 1. The van der Waals surface area contributed by atoms with Gasteiger partial charge in [0.1, 0.15) is 29.7 Å². The van der Waals surface area contributed by atoms with Crippen LogP contribution >= 0.6 is 0 Å². The lowest BCUT2D eigenvalue weighted by Crippen LogP contribution is -2.10. The van der Waals surface area contributed by atoms with Crippen molar-refractivity contribution >= 4 is 12.2 Å². The molecule has 0 unspecified atom stereocenters. The van der Waals surface area contributed by atoms with Crippen LogP contribution in [-0.4, -0.2) is 62.2 Å². The van der Waals surface area contributed by atoms with Crippen LogP contribution in [0, 0.1) is 6.92 Å². The number of aliphatic imine (C=N–C) groups is 1. The van der Waals surface area contributed by atoms with Gasteiger partial charge >= 0.3 is 0 Å². The van der Waals surface area contributed by atoms with E-state index in [0.717, 1.165) is 22.9 Å². The quantitative estimate of drug-likeness (QED) is 0.488. The zero-order chi connectivity index (χ0) is 21.4. The number of aryl methyl sites for hydroxylation is 1. The predicted octanol–water partition coefficient (Wildman–Crippen LogP) is 2.82. The number of aromatic nitrogens is 5. The molecule has 3 aromatic rings. The molecule has 0 saturated heterocycles. The maximum absolute atomic E-state index is 12.3. The molecule has 4 rings (SSSR count). The van der Waals surface area contributed by atoms with Crippen molar-refractivity contribution < 1.29 is 9.53 Å². The summed E-state index contributed by atoms with van der Waals surface area (Å²) in [7, 11) is 3.63. The summed E-state index contributed by atoms with van der Waals surface area (Å²) in [5.41, 5.74) is 2.07. The van der Waals surface area contributed by atoms with E-state index in [9.17, 15) is 4.79 Å². The molecule has 0 atom stereocenters. The van der Waals surface area contributed by atoms with Crippen molar-refractivity contribution in [1.29, 1.82) is 0 Å². The zero-order valence-electron chi connectivity index (χ0n) is 17.8. The Bertz CT molecular complexity index is 1120. The van der Waals surface area contributed by atoms with Gasteiger partial charge in [0.05, 0.1) is 18.4 Å². The van der Waals surface area contributed by atoms with Gasteiger partial charge in [-0.1, -0.05) is 0 Å². The van der Waals surface area contributed by atoms with Crippen LogP contribution in [0.5, 0.6) is 5.75 Å². The van der Waals surface area contributed by atoms with Crippen molar-refractivity contribution in [2.24, 2.45) is 4.99 Å². The molecule has 0 radical (unpaired) electrons. The van der Waals surface area contributed by atoms with Crippen LogP contribution in [0.15, 0.2) is 29.4 Å². The van der Waals surface area contributed by atoms with Crippen LogP contribution in [0.2, 0.25) is 0 Å². The Balaban J connectivity index is 1.74. The summed E-state index contributed by atoms with van der Waals surface area (Å²) in [6.45, 7) is 7.14. The molecule has 156 valence electrons. The van der Waals surface area contributed by atoms with E-state index in [1.54, 1.807) is 17.0 Å². The lowest BCUT2D eigenvalue weighted by molar-refractivity contribution is 0.100. The number of benzene rings is 1. The highest BCUT2D eigenvalue weighted by atomic mass is 16.5. The molecule has 0 aliphatic carbocycles. The van der Waals surface area contributed by atoms with Crippen LogP contribution in [0.4, 0.5) is 0 Å². The van der Waals surface area contributed by atoms with Crippen molar-refractivity contribution in [2.75, 3.05) is 20.7 Å². The van der Waals surface area contributed by atoms with Crippen molar-refractivity contribution in [3.05, 3.63) is 35.8 Å². The molecular weight excluding hydrogens is 382 g/mol. The lowest BCUT2D eigenvalue weighted by atomic mass is 10.1. The SMILES string of the molecule is Cc1nc(-c2cn3c(n2)-c2ccc(C(=O)/N=C/N(C)C)cc2OCC3)n(C(C)C)n1.